The van der Waals surface area contributed by atoms with Gasteiger partial charge in [-0.25, -0.2) is 4.98 Å². The standard InChI is InChI=1S/C23H24N4O/c1-15-20-19(17-12-26-27(14-17)18-10-6-3-7-11-18)13-25-23(24)22(20)28-21(15)16-8-4-2-5-9-16/h2,4-5,8-9,12-14,18H,3,6-7,10-11H2,1H3,(H2,24,25). The highest BCUT2D eigenvalue weighted by Gasteiger charge is 2.21. The highest BCUT2D eigenvalue weighted by atomic mass is 16.3. The number of anilines is 1. The molecule has 4 aromatic rings. The van der Waals surface area contributed by atoms with Crippen LogP contribution in [0.1, 0.15) is 43.7 Å². The molecule has 1 aliphatic rings. The lowest BCUT2D eigenvalue weighted by molar-refractivity contribution is 0.329. The topological polar surface area (TPSA) is 69.9 Å². The number of nitrogen functional groups attached to an aromatic ring is 1. The summed E-state index contributed by atoms with van der Waals surface area (Å²) < 4.78 is 8.32. The van der Waals surface area contributed by atoms with Crippen molar-refractivity contribution in [1.29, 1.82) is 0 Å². The Morgan fingerprint density at radius 1 is 1.04 bits per heavy atom. The Hall–Kier alpha value is -3.08. The van der Waals surface area contributed by atoms with Crippen molar-refractivity contribution in [3.8, 4) is 22.5 Å². The third kappa shape index (κ3) is 2.78. The van der Waals surface area contributed by atoms with Gasteiger partial charge in [-0.3, -0.25) is 4.68 Å². The van der Waals surface area contributed by atoms with E-state index in [0.717, 1.165) is 33.4 Å². The fourth-order valence-electron chi connectivity index (χ4n) is 4.38. The van der Waals surface area contributed by atoms with E-state index in [1.807, 2.05) is 30.6 Å². The van der Waals surface area contributed by atoms with Crippen LogP contribution >= 0.6 is 0 Å². The Morgan fingerprint density at radius 2 is 1.82 bits per heavy atom. The molecule has 0 atom stereocenters. The fourth-order valence-corrected chi connectivity index (χ4v) is 4.38. The first-order valence-electron chi connectivity index (χ1n) is 10.00. The third-order valence-electron chi connectivity index (χ3n) is 5.88. The first kappa shape index (κ1) is 17.0. The Bertz CT molecular complexity index is 1120. The van der Waals surface area contributed by atoms with Crippen LogP contribution in [0.25, 0.3) is 33.4 Å². The molecule has 3 aromatic heterocycles. The number of furan rings is 1. The largest absolute Gasteiger partial charge is 0.452 e. The van der Waals surface area contributed by atoms with Gasteiger partial charge in [0.1, 0.15) is 5.76 Å². The van der Waals surface area contributed by atoms with Gasteiger partial charge in [-0.05, 0) is 19.8 Å². The fraction of sp³-hybridized carbons (Fsp3) is 0.304. The molecule has 28 heavy (non-hydrogen) atoms. The van der Waals surface area contributed by atoms with E-state index in [2.05, 4.69) is 40.0 Å². The number of aromatic nitrogens is 3. The van der Waals surface area contributed by atoms with Crippen molar-refractivity contribution in [2.24, 2.45) is 0 Å². The maximum atomic E-state index is 6.19. The van der Waals surface area contributed by atoms with E-state index >= 15 is 0 Å². The van der Waals surface area contributed by atoms with E-state index in [9.17, 15) is 0 Å². The molecular weight excluding hydrogens is 348 g/mol. The zero-order valence-corrected chi connectivity index (χ0v) is 16.1. The van der Waals surface area contributed by atoms with E-state index in [-0.39, 0.29) is 0 Å². The van der Waals surface area contributed by atoms with Crippen LogP contribution in [-0.4, -0.2) is 14.8 Å². The first-order chi connectivity index (χ1) is 13.7. The summed E-state index contributed by atoms with van der Waals surface area (Å²) >= 11 is 0. The summed E-state index contributed by atoms with van der Waals surface area (Å²) in [6, 6.07) is 10.6. The Balaban J connectivity index is 1.63. The number of nitrogens with zero attached hydrogens (tertiary/aromatic N) is 3. The lowest BCUT2D eigenvalue weighted by Gasteiger charge is -2.21. The number of pyridine rings is 1. The SMILES string of the molecule is Cc1c(-c2ccccc2)oc2c(N)ncc(-c3cnn(C4CCCCC4)c3)c12. The molecule has 2 N–H and O–H groups in total. The van der Waals surface area contributed by atoms with Gasteiger partial charge in [-0.2, -0.15) is 5.10 Å². The van der Waals surface area contributed by atoms with E-state index in [0.29, 0.717) is 17.4 Å². The van der Waals surface area contributed by atoms with Gasteiger partial charge < -0.3 is 10.2 Å². The highest BCUT2D eigenvalue weighted by Crippen LogP contribution is 2.40. The van der Waals surface area contributed by atoms with Gasteiger partial charge in [0.25, 0.3) is 0 Å². The van der Waals surface area contributed by atoms with Crippen molar-refractivity contribution in [2.45, 2.75) is 45.1 Å². The average Bonchev–Trinajstić information content (AvgIpc) is 3.36. The maximum Gasteiger partial charge on any atom is 0.177 e. The van der Waals surface area contributed by atoms with Crippen LogP contribution in [-0.2, 0) is 0 Å². The molecule has 0 radical (unpaired) electrons. The van der Waals surface area contributed by atoms with Crippen molar-refractivity contribution < 1.29 is 4.42 Å². The smallest absolute Gasteiger partial charge is 0.177 e. The second kappa shape index (κ2) is 6.82. The average molecular weight is 372 g/mol. The summed E-state index contributed by atoms with van der Waals surface area (Å²) in [6.07, 6.45) is 12.3. The van der Waals surface area contributed by atoms with Crippen LogP contribution < -0.4 is 5.73 Å². The highest BCUT2D eigenvalue weighted by molar-refractivity contribution is 6.02. The second-order valence-electron chi connectivity index (χ2n) is 7.68. The number of hydrogen-bond donors (Lipinski definition) is 1. The first-order valence-corrected chi connectivity index (χ1v) is 10.00. The monoisotopic (exact) mass is 372 g/mol. The van der Waals surface area contributed by atoms with Gasteiger partial charge in [0.2, 0.25) is 0 Å². The number of hydrogen-bond acceptors (Lipinski definition) is 4. The minimum Gasteiger partial charge on any atom is -0.452 e. The van der Waals surface area contributed by atoms with Crippen LogP contribution in [0.3, 0.4) is 0 Å². The Kier molecular flexibility index (Phi) is 4.15. The molecule has 0 spiro atoms. The number of benzene rings is 1. The molecule has 5 rings (SSSR count). The van der Waals surface area contributed by atoms with Crippen LogP contribution in [0, 0.1) is 6.92 Å². The molecule has 5 nitrogen and oxygen atoms in total. The zero-order chi connectivity index (χ0) is 19.1. The molecule has 0 bridgehead atoms. The summed E-state index contributed by atoms with van der Waals surface area (Å²) in [5, 5.41) is 5.69. The molecule has 5 heteroatoms. The molecular formula is C23H24N4O. The lowest BCUT2D eigenvalue weighted by atomic mass is 9.96. The molecule has 142 valence electrons. The third-order valence-corrected chi connectivity index (χ3v) is 5.88. The van der Waals surface area contributed by atoms with Crippen LogP contribution in [0.4, 0.5) is 5.82 Å². The quantitative estimate of drug-likeness (QED) is 0.497. The van der Waals surface area contributed by atoms with E-state index in [1.54, 1.807) is 0 Å². The van der Waals surface area contributed by atoms with Gasteiger partial charge in [-0.15, -0.1) is 0 Å². The number of rotatable bonds is 3. The number of nitrogens with two attached hydrogens (primary N) is 1. The van der Waals surface area contributed by atoms with Crippen molar-refractivity contribution in [2.75, 3.05) is 5.73 Å². The van der Waals surface area contributed by atoms with Crippen molar-refractivity contribution in [1.82, 2.24) is 14.8 Å². The summed E-state index contributed by atoms with van der Waals surface area (Å²) in [5.41, 5.74) is 11.0. The Labute approximate surface area is 164 Å². The van der Waals surface area contributed by atoms with Gasteiger partial charge in [0, 0.05) is 40.0 Å². The molecule has 1 saturated carbocycles. The minimum absolute atomic E-state index is 0.420. The molecule has 3 heterocycles. The van der Waals surface area contributed by atoms with Gasteiger partial charge in [0.05, 0.1) is 12.2 Å². The number of aryl methyl sites for hydroxylation is 1. The molecule has 1 aromatic carbocycles. The molecule has 0 amide bonds. The van der Waals surface area contributed by atoms with E-state index in [4.69, 9.17) is 10.2 Å². The molecule has 0 unspecified atom stereocenters. The normalized spacial score (nSPS) is 15.3. The van der Waals surface area contributed by atoms with E-state index in [1.165, 1.54) is 32.1 Å². The van der Waals surface area contributed by atoms with Crippen LogP contribution in [0.15, 0.2) is 53.3 Å². The van der Waals surface area contributed by atoms with Gasteiger partial charge in [-0.1, -0.05) is 49.6 Å². The van der Waals surface area contributed by atoms with Gasteiger partial charge in [0.15, 0.2) is 11.4 Å². The molecule has 0 aliphatic heterocycles. The van der Waals surface area contributed by atoms with Crippen molar-refractivity contribution in [3.05, 3.63) is 54.5 Å². The summed E-state index contributed by atoms with van der Waals surface area (Å²) in [5.74, 6) is 1.26. The Morgan fingerprint density at radius 3 is 2.61 bits per heavy atom. The lowest BCUT2D eigenvalue weighted by Crippen LogP contribution is -2.12. The van der Waals surface area contributed by atoms with Gasteiger partial charge >= 0.3 is 0 Å². The molecule has 1 aliphatic carbocycles. The van der Waals surface area contributed by atoms with Crippen LogP contribution in [0.5, 0.6) is 0 Å². The summed E-state index contributed by atoms with van der Waals surface area (Å²) in [4.78, 5) is 4.40. The predicted octanol–water partition coefficient (Wildman–Crippen LogP) is 5.75. The summed E-state index contributed by atoms with van der Waals surface area (Å²) in [6.45, 7) is 2.09. The zero-order valence-electron chi connectivity index (χ0n) is 16.1. The van der Waals surface area contributed by atoms with E-state index < -0.39 is 0 Å². The van der Waals surface area contributed by atoms with Crippen molar-refractivity contribution >= 4 is 16.8 Å². The predicted molar refractivity (Wildman–Crippen MR) is 112 cm³/mol. The summed E-state index contributed by atoms with van der Waals surface area (Å²) in [7, 11) is 0. The molecule has 0 saturated heterocycles. The maximum absolute atomic E-state index is 6.19. The number of fused-ring (bicyclic) bond motifs is 1. The van der Waals surface area contributed by atoms with Crippen molar-refractivity contribution in [3.63, 3.8) is 0 Å². The van der Waals surface area contributed by atoms with Crippen LogP contribution in [0.2, 0.25) is 0 Å². The minimum atomic E-state index is 0.420. The second-order valence-corrected chi connectivity index (χ2v) is 7.68. The molecule has 1 fully saturated rings.